The van der Waals surface area contributed by atoms with Crippen molar-refractivity contribution in [2.45, 2.75) is 98.9 Å². The number of ether oxygens (including phenoxy) is 3. The molecule has 2 saturated heterocycles. The first-order valence-electron chi connectivity index (χ1n) is 18.3. The van der Waals surface area contributed by atoms with Gasteiger partial charge in [0.2, 0.25) is 0 Å². The summed E-state index contributed by atoms with van der Waals surface area (Å²) < 4.78 is 17.6. The Morgan fingerprint density at radius 2 is 1.82 bits per heavy atom. The predicted octanol–water partition coefficient (Wildman–Crippen LogP) is 8.67. The number of benzene rings is 2. The van der Waals surface area contributed by atoms with Crippen molar-refractivity contribution in [2.24, 2.45) is 11.8 Å². The largest absolute Gasteiger partial charge is 0.488 e. The molecule has 0 radical (unpaired) electrons. The van der Waals surface area contributed by atoms with Gasteiger partial charge in [0.05, 0.1) is 36.3 Å². The van der Waals surface area contributed by atoms with Gasteiger partial charge in [-0.15, -0.1) is 0 Å². The third kappa shape index (κ3) is 7.19. The molecular weight excluding hydrogens is 628 g/mol. The number of amides is 1. The van der Waals surface area contributed by atoms with Gasteiger partial charge in [-0.05, 0) is 100 Å². The van der Waals surface area contributed by atoms with Crippen LogP contribution in [-0.2, 0) is 16.1 Å². The van der Waals surface area contributed by atoms with Gasteiger partial charge in [0.15, 0.2) is 0 Å². The van der Waals surface area contributed by atoms with Crippen LogP contribution in [0.5, 0.6) is 5.75 Å². The molecule has 0 saturated carbocycles. The Morgan fingerprint density at radius 3 is 2.54 bits per heavy atom. The van der Waals surface area contributed by atoms with Gasteiger partial charge >= 0.3 is 6.09 Å². The Labute approximate surface area is 296 Å². The lowest BCUT2D eigenvalue weighted by Gasteiger charge is -2.27. The summed E-state index contributed by atoms with van der Waals surface area (Å²) in [6, 6.07) is 11.0. The number of nitrogens with one attached hydrogen (secondary N) is 3. The number of hydrogen-bond donors (Lipinski definition) is 3. The standard InChI is InChI=1S/C38H48N6O4.C2H6/c1-8-23-12-30(39-16-23)35-40-17-31(42-35)25-9-10-27-26(14-25)20-47-33-15-28(21(2)11-29(27)33)34-22(3)41-36(43-34)32-13-24(19-46-7)18-44(32)37(45)48-38(4,5)6;1-2/h9-11,14-15,17,23-24,30,32,39H,8,12-13,16,18-20H2,1-7H3,(H,40,42)(H,41,43);1-2H3. The minimum Gasteiger partial charge on any atom is -0.488 e. The maximum absolute atomic E-state index is 13.2. The number of aromatic amines is 2. The van der Waals surface area contributed by atoms with E-state index < -0.39 is 5.60 Å². The number of rotatable bonds is 7. The summed E-state index contributed by atoms with van der Waals surface area (Å²) >= 11 is 0. The highest BCUT2D eigenvalue weighted by Crippen LogP contribution is 2.44. The fraction of sp³-hybridized carbons (Fsp3) is 0.525. The van der Waals surface area contributed by atoms with E-state index in [1.54, 1.807) is 12.0 Å². The van der Waals surface area contributed by atoms with Crippen molar-refractivity contribution in [3.05, 3.63) is 65.0 Å². The fourth-order valence-corrected chi connectivity index (χ4v) is 7.53. The summed E-state index contributed by atoms with van der Waals surface area (Å²) in [7, 11) is 1.70. The van der Waals surface area contributed by atoms with E-state index in [1.807, 2.05) is 47.7 Å². The summed E-state index contributed by atoms with van der Waals surface area (Å²) in [5.74, 6) is 3.54. The van der Waals surface area contributed by atoms with Crippen LogP contribution in [0, 0.1) is 25.7 Å². The molecule has 50 heavy (non-hydrogen) atoms. The molecule has 2 aromatic carbocycles. The van der Waals surface area contributed by atoms with Gasteiger partial charge in [0.1, 0.15) is 29.6 Å². The van der Waals surface area contributed by atoms with E-state index in [-0.39, 0.29) is 24.1 Å². The Morgan fingerprint density at radius 1 is 1.02 bits per heavy atom. The molecule has 0 spiro atoms. The summed E-state index contributed by atoms with van der Waals surface area (Å²) in [6.45, 7) is 18.8. The summed E-state index contributed by atoms with van der Waals surface area (Å²) in [5, 5.41) is 3.61. The van der Waals surface area contributed by atoms with E-state index in [1.165, 1.54) is 12.0 Å². The molecule has 2 aromatic heterocycles. The lowest BCUT2D eigenvalue weighted by molar-refractivity contribution is 0.0208. The number of imidazole rings is 2. The van der Waals surface area contributed by atoms with Crippen LogP contribution < -0.4 is 10.1 Å². The van der Waals surface area contributed by atoms with Crippen molar-refractivity contribution in [1.82, 2.24) is 30.2 Å². The number of H-pyrrole nitrogens is 2. The molecule has 0 aliphatic carbocycles. The van der Waals surface area contributed by atoms with E-state index in [9.17, 15) is 4.79 Å². The smallest absolute Gasteiger partial charge is 0.410 e. The molecule has 268 valence electrons. The molecule has 1 amide bonds. The molecule has 10 nitrogen and oxygen atoms in total. The normalized spacial score (nSPS) is 21.3. The first-order chi connectivity index (χ1) is 24.0. The first kappa shape index (κ1) is 35.7. The van der Waals surface area contributed by atoms with Gasteiger partial charge in [0, 0.05) is 36.4 Å². The Bertz CT molecular complexity index is 1820. The molecule has 2 fully saturated rings. The van der Waals surface area contributed by atoms with Gasteiger partial charge in [-0.2, -0.15) is 0 Å². The molecular formula is C40H54N6O4. The molecule has 4 atom stereocenters. The lowest BCUT2D eigenvalue weighted by atomic mass is 9.91. The van der Waals surface area contributed by atoms with Gasteiger partial charge in [-0.1, -0.05) is 39.3 Å². The monoisotopic (exact) mass is 682 g/mol. The maximum atomic E-state index is 13.2. The van der Waals surface area contributed by atoms with Gasteiger partial charge in [-0.25, -0.2) is 14.8 Å². The second-order valence-corrected chi connectivity index (χ2v) is 14.8. The SMILES string of the molecule is CC.CCC1CNC(c2ncc(-c3ccc4c(c3)COc3cc(-c5nc(C6CC(COC)CN6C(=O)OC(C)(C)C)[nH]c5C)c(C)cc3-4)[nH]2)C1. The van der Waals surface area contributed by atoms with Crippen LogP contribution in [0.3, 0.4) is 0 Å². The van der Waals surface area contributed by atoms with Gasteiger partial charge in [0.25, 0.3) is 0 Å². The highest BCUT2D eigenvalue weighted by molar-refractivity contribution is 5.82. The molecule has 5 heterocycles. The van der Waals surface area contributed by atoms with Crippen LogP contribution in [0.4, 0.5) is 4.79 Å². The van der Waals surface area contributed by atoms with Gasteiger partial charge < -0.3 is 29.5 Å². The Kier molecular flexibility index (Phi) is 10.4. The number of methoxy groups -OCH3 is 1. The van der Waals surface area contributed by atoms with E-state index >= 15 is 0 Å². The van der Waals surface area contributed by atoms with Crippen LogP contribution in [-0.4, -0.2) is 63.3 Å². The van der Waals surface area contributed by atoms with Crippen molar-refractivity contribution >= 4 is 6.09 Å². The number of nitrogens with zero attached hydrogens (tertiary/aromatic N) is 3. The molecule has 0 bridgehead atoms. The predicted molar refractivity (Wildman–Crippen MR) is 197 cm³/mol. The van der Waals surface area contributed by atoms with Crippen molar-refractivity contribution in [3.8, 4) is 39.4 Å². The average molecular weight is 683 g/mol. The number of carbonyl (C=O) groups excluding carboxylic acids is 1. The minimum absolute atomic E-state index is 0.203. The second kappa shape index (κ2) is 14.6. The molecule has 4 aromatic rings. The summed E-state index contributed by atoms with van der Waals surface area (Å²) in [4.78, 5) is 32.0. The molecule has 3 aliphatic heterocycles. The van der Waals surface area contributed by atoms with Crippen molar-refractivity contribution in [3.63, 3.8) is 0 Å². The summed E-state index contributed by atoms with van der Waals surface area (Å²) in [6.07, 6.45) is 4.69. The van der Waals surface area contributed by atoms with Crippen molar-refractivity contribution < 1.29 is 19.0 Å². The summed E-state index contributed by atoms with van der Waals surface area (Å²) in [5.41, 5.74) is 8.90. The fourth-order valence-electron chi connectivity index (χ4n) is 7.53. The third-order valence-corrected chi connectivity index (χ3v) is 10.0. The highest BCUT2D eigenvalue weighted by Gasteiger charge is 2.40. The van der Waals surface area contributed by atoms with Crippen LogP contribution >= 0.6 is 0 Å². The zero-order valence-corrected chi connectivity index (χ0v) is 31.2. The average Bonchev–Trinajstić information content (AvgIpc) is 3.91. The highest BCUT2D eigenvalue weighted by atomic mass is 16.6. The van der Waals surface area contributed by atoms with E-state index in [2.05, 4.69) is 59.5 Å². The maximum Gasteiger partial charge on any atom is 0.410 e. The molecule has 7 rings (SSSR count). The Hall–Kier alpha value is -4.15. The van der Waals surface area contributed by atoms with E-state index in [4.69, 9.17) is 24.2 Å². The second-order valence-electron chi connectivity index (χ2n) is 14.8. The molecule has 3 N–H and O–H groups in total. The molecule has 3 aliphatic rings. The van der Waals surface area contributed by atoms with Crippen LogP contribution in [0.2, 0.25) is 0 Å². The number of likely N-dealkylation sites (tertiary alicyclic amines) is 1. The third-order valence-electron chi connectivity index (χ3n) is 10.0. The van der Waals surface area contributed by atoms with Crippen molar-refractivity contribution in [1.29, 1.82) is 0 Å². The molecule has 4 unspecified atom stereocenters. The van der Waals surface area contributed by atoms with Gasteiger partial charge in [-0.3, -0.25) is 4.90 Å². The minimum atomic E-state index is -0.584. The van der Waals surface area contributed by atoms with Crippen LogP contribution in [0.25, 0.3) is 33.6 Å². The first-order valence-corrected chi connectivity index (χ1v) is 18.3. The zero-order valence-electron chi connectivity index (χ0n) is 31.2. The zero-order chi connectivity index (χ0) is 35.7. The van der Waals surface area contributed by atoms with Crippen LogP contribution in [0.15, 0.2) is 36.5 Å². The molecule has 10 heteroatoms. The topological polar surface area (TPSA) is 117 Å². The quantitative estimate of drug-likeness (QED) is 0.179. The van der Waals surface area contributed by atoms with E-state index in [0.29, 0.717) is 25.7 Å². The van der Waals surface area contributed by atoms with Crippen molar-refractivity contribution in [2.75, 3.05) is 26.8 Å². The number of fused-ring (bicyclic) bond motifs is 3. The number of hydrogen-bond acceptors (Lipinski definition) is 7. The van der Waals surface area contributed by atoms with E-state index in [0.717, 1.165) is 81.7 Å². The Balaban J connectivity index is 0.00000212. The number of aromatic nitrogens is 4. The lowest BCUT2D eigenvalue weighted by Crippen LogP contribution is -2.37. The van der Waals surface area contributed by atoms with Crippen LogP contribution in [0.1, 0.15) is 101 Å². The number of carbonyl (C=O) groups is 1. The number of aryl methyl sites for hydroxylation is 2.